The Balaban J connectivity index is 1.41. The van der Waals surface area contributed by atoms with Gasteiger partial charge >= 0.3 is 5.97 Å². The Bertz CT molecular complexity index is 1060. The number of ether oxygens (including phenoxy) is 1. The fourth-order valence-electron chi connectivity index (χ4n) is 3.09. The molecule has 0 aliphatic carbocycles. The van der Waals surface area contributed by atoms with Gasteiger partial charge in [-0.2, -0.15) is 0 Å². The molecule has 0 aromatic heterocycles. The van der Waals surface area contributed by atoms with Gasteiger partial charge in [-0.25, -0.2) is 0 Å². The summed E-state index contributed by atoms with van der Waals surface area (Å²) in [5.74, 6) is -0.820. The van der Waals surface area contributed by atoms with Crippen LogP contribution >= 0.6 is 15.9 Å². The molecule has 0 unspecified atom stereocenters. The molecular weight excluding hydrogens is 410 g/mol. The topological polar surface area (TPSA) is 63.7 Å². The summed E-state index contributed by atoms with van der Waals surface area (Å²) < 4.78 is 6.33. The highest BCUT2D eigenvalue weighted by Gasteiger charge is 2.35. The summed E-state index contributed by atoms with van der Waals surface area (Å²) in [6.45, 7) is -0.00823. The van der Waals surface area contributed by atoms with E-state index >= 15 is 0 Å². The molecule has 4 rings (SSSR count). The first-order valence-electron chi connectivity index (χ1n) is 8.38. The quantitative estimate of drug-likeness (QED) is 0.358. The second-order valence-electron chi connectivity index (χ2n) is 6.18. The minimum absolute atomic E-state index is 0.00823. The molecule has 134 valence electrons. The lowest BCUT2D eigenvalue weighted by molar-refractivity contribution is -0.134. The van der Waals surface area contributed by atoms with Gasteiger partial charge in [0.05, 0.1) is 17.5 Å². The van der Waals surface area contributed by atoms with Crippen LogP contribution in [0.15, 0.2) is 65.1 Å². The second kappa shape index (κ2) is 6.96. The number of hydrogen-bond acceptors (Lipinski definition) is 4. The van der Waals surface area contributed by atoms with E-state index < -0.39 is 5.97 Å². The van der Waals surface area contributed by atoms with Crippen LogP contribution in [0.4, 0.5) is 0 Å². The third-order valence-corrected chi connectivity index (χ3v) is 4.92. The van der Waals surface area contributed by atoms with E-state index in [0.29, 0.717) is 16.9 Å². The summed E-state index contributed by atoms with van der Waals surface area (Å²) in [6.07, 6.45) is -0.0656. The molecule has 5 nitrogen and oxygen atoms in total. The summed E-state index contributed by atoms with van der Waals surface area (Å²) in [4.78, 5) is 37.9. The van der Waals surface area contributed by atoms with Gasteiger partial charge < -0.3 is 4.74 Å². The molecule has 3 aromatic carbocycles. The third kappa shape index (κ3) is 3.36. The van der Waals surface area contributed by atoms with Gasteiger partial charge in [0.1, 0.15) is 5.75 Å². The number of nitrogens with zero attached hydrogens (tertiary/aromatic N) is 1. The van der Waals surface area contributed by atoms with Gasteiger partial charge in [0, 0.05) is 11.0 Å². The van der Waals surface area contributed by atoms with Crippen molar-refractivity contribution in [2.24, 2.45) is 0 Å². The molecule has 0 fully saturated rings. The molecule has 0 saturated carbocycles. The number of benzene rings is 3. The van der Waals surface area contributed by atoms with Crippen LogP contribution in [0.2, 0.25) is 0 Å². The van der Waals surface area contributed by atoms with Gasteiger partial charge in [-0.05, 0) is 47.2 Å². The zero-order chi connectivity index (χ0) is 19.0. The van der Waals surface area contributed by atoms with Crippen molar-refractivity contribution in [1.29, 1.82) is 0 Å². The van der Waals surface area contributed by atoms with Crippen LogP contribution in [0.3, 0.4) is 0 Å². The number of carbonyl (C=O) groups is 3. The minimum Gasteiger partial charge on any atom is -0.426 e. The summed E-state index contributed by atoms with van der Waals surface area (Å²) in [6, 6.07) is 17.8. The summed E-state index contributed by atoms with van der Waals surface area (Å²) in [5.41, 5.74) is 0.744. The molecule has 6 heteroatoms. The maximum atomic E-state index is 12.3. The van der Waals surface area contributed by atoms with Crippen LogP contribution < -0.4 is 4.74 Å². The summed E-state index contributed by atoms with van der Waals surface area (Å²) in [7, 11) is 0. The van der Waals surface area contributed by atoms with E-state index in [2.05, 4.69) is 15.9 Å². The number of rotatable bonds is 4. The lowest BCUT2D eigenvalue weighted by Gasteiger charge is -2.13. The van der Waals surface area contributed by atoms with Crippen LogP contribution in [0, 0.1) is 0 Å². The molecule has 0 spiro atoms. The van der Waals surface area contributed by atoms with Crippen LogP contribution in [0.25, 0.3) is 10.8 Å². The smallest absolute Gasteiger partial charge is 0.312 e. The first kappa shape index (κ1) is 17.4. The van der Waals surface area contributed by atoms with Crippen molar-refractivity contribution in [3.63, 3.8) is 0 Å². The highest BCUT2D eigenvalue weighted by atomic mass is 79.9. The van der Waals surface area contributed by atoms with Crippen molar-refractivity contribution in [3.8, 4) is 5.75 Å². The monoisotopic (exact) mass is 423 g/mol. The standard InChI is InChI=1S/C21H14BrNO4/c22-15-7-5-14-12-16(8-6-13(14)11-15)27-19(24)9-10-23-20(25)17-3-1-2-4-18(17)21(23)26/h1-8,11-12H,9-10H2. The van der Waals surface area contributed by atoms with Gasteiger partial charge in [-0.3, -0.25) is 19.3 Å². The van der Waals surface area contributed by atoms with Crippen molar-refractivity contribution in [2.75, 3.05) is 6.54 Å². The number of amides is 2. The maximum Gasteiger partial charge on any atom is 0.312 e. The van der Waals surface area contributed by atoms with E-state index in [1.165, 1.54) is 0 Å². The van der Waals surface area contributed by atoms with Gasteiger partial charge in [-0.1, -0.05) is 40.2 Å². The highest BCUT2D eigenvalue weighted by molar-refractivity contribution is 9.10. The van der Waals surface area contributed by atoms with Crippen molar-refractivity contribution in [3.05, 3.63) is 76.3 Å². The van der Waals surface area contributed by atoms with Crippen LogP contribution in [0.5, 0.6) is 5.75 Å². The number of imide groups is 1. The molecule has 0 N–H and O–H groups in total. The molecule has 0 atom stereocenters. The fourth-order valence-corrected chi connectivity index (χ4v) is 3.46. The number of esters is 1. The van der Waals surface area contributed by atoms with E-state index in [9.17, 15) is 14.4 Å². The van der Waals surface area contributed by atoms with E-state index in [1.54, 1.807) is 36.4 Å². The third-order valence-electron chi connectivity index (χ3n) is 4.42. The SMILES string of the molecule is O=C(CCN1C(=O)c2ccccc2C1=O)Oc1ccc2cc(Br)ccc2c1. The Labute approximate surface area is 163 Å². The molecule has 1 heterocycles. The largest absolute Gasteiger partial charge is 0.426 e. The number of carbonyl (C=O) groups excluding carboxylic acids is 3. The fraction of sp³-hybridized carbons (Fsp3) is 0.0952. The summed E-state index contributed by atoms with van der Waals surface area (Å²) in [5, 5.41) is 1.97. The van der Waals surface area contributed by atoms with Crippen molar-refractivity contribution < 1.29 is 19.1 Å². The lowest BCUT2D eigenvalue weighted by Crippen LogP contribution is -2.32. The van der Waals surface area contributed by atoms with E-state index in [-0.39, 0.29) is 24.8 Å². The average molecular weight is 424 g/mol. The first-order chi connectivity index (χ1) is 13.0. The Morgan fingerprint density at radius 1 is 0.889 bits per heavy atom. The predicted octanol–water partition coefficient (Wildman–Crippen LogP) is 4.19. The van der Waals surface area contributed by atoms with Gasteiger partial charge in [0.15, 0.2) is 0 Å². The van der Waals surface area contributed by atoms with E-state index in [0.717, 1.165) is 20.1 Å². The molecule has 0 saturated heterocycles. The molecule has 3 aromatic rings. The van der Waals surface area contributed by atoms with Gasteiger partial charge in [0.25, 0.3) is 11.8 Å². The van der Waals surface area contributed by atoms with Crippen molar-refractivity contribution in [2.45, 2.75) is 6.42 Å². The predicted molar refractivity (Wildman–Crippen MR) is 104 cm³/mol. The molecule has 0 bridgehead atoms. The van der Waals surface area contributed by atoms with Crippen LogP contribution in [-0.2, 0) is 4.79 Å². The second-order valence-corrected chi connectivity index (χ2v) is 7.10. The molecule has 0 radical (unpaired) electrons. The van der Waals surface area contributed by atoms with Gasteiger partial charge in [0.2, 0.25) is 0 Å². The number of halogens is 1. The van der Waals surface area contributed by atoms with Crippen molar-refractivity contribution >= 4 is 44.5 Å². The van der Waals surface area contributed by atoms with E-state index in [4.69, 9.17) is 4.74 Å². The molecule has 27 heavy (non-hydrogen) atoms. The first-order valence-corrected chi connectivity index (χ1v) is 9.17. The van der Waals surface area contributed by atoms with E-state index in [1.807, 2.05) is 24.3 Å². The Morgan fingerprint density at radius 2 is 1.52 bits per heavy atom. The molecule has 1 aliphatic heterocycles. The molecular formula is C21H14BrNO4. The van der Waals surface area contributed by atoms with Crippen molar-refractivity contribution in [1.82, 2.24) is 4.90 Å². The maximum absolute atomic E-state index is 12.3. The minimum atomic E-state index is -0.497. The van der Waals surface area contributed by atoms with Crippen LogP contribution in [-0.4, -0.2) is 29.2 Å². The Hall–Kier alpha value is -2.99. The normalized spacial score (nSPS) is 13.1. The zero-order valence-corrected chi connectivity index (χ0v) is 15.7. The van der Waals surface area contributed by atoms with Gasteiger partial charge in [-0.15, -0.1) is 0 Å². The highest BCUT2D eigenvalue weighted by Crippen LogP contribution is 2.25. The molecule has 2 amide bonds. The molecule has 1 aliphatic rings. The average Bonchev–Trinajstić information content (AvgIpc) is 2.91. The summed E-state index contributed by atoms with van der Waals surface area (Å²) >= 11 is 3.42. The Kier molecular flexibility index (Phi) is 4.49. The zero-order valence-electron chi connectivity index (χ0n) is 14.1. The number of hydrogen-bond donors (Lipinski definition) is 0. The van der Waals surface area contributed by atoms with Crippen LogP contribution in [0.1, 0.15) is 27.1 Å². The Morgan fingerprint density at radius 3 is 2.22 bits per heavy atom. The lowest BCUT2D eigenvalue weighted by atomic mass is 10.1. The number of fused-ring (bicyclic) bond motifs is 2.